The maximum atomic E-state index is 13.8. The largest absolute Gasteiger partial charge is 0.395 e. The molecule has 19 heavy (non-hydrogen) atoms. The van der Waals surface area contributed by atoms with Gasteiger partial charge in [0.1, 0.15) is 17.6 Å². The lowest BCUT2D eigenvalue weighted by atomic mass is 10.2. The van der Waals surface area contributed by atoms with Crippen LogP contribution >= 0.6 is 0 Å². The molecule has 0 amide bonds. The van der Waals surface area contributed by atoms with E-state index in [1.807, 2.05) is 6.07 Å². The van der Waals surface area contributed by atoms with Gasteiger partial charge in [-0.2, -0.15) is 5.26 Å². The Labute approximate surface area is 108 Å². The lowest BCUT2D eigenvalue weighted by molar-refractivity contribution is 0.585. The fourth-order valence-electron chi connectivity index (χ4n) is 1.56. The number of aryl methyl sites for hydroxylation is 1. The number of nitrogen functional groups attached to an aromatic ring is 1. The van der Waals surface area contributed by atoms with Crippen molar-refractivity contribution in [3.63, 3.8) is 0 Å². The molecule has 2 rings (SSSR count). The van der Waals surface area contributed by atoms with E-state index in [9.17, 15) is 8.78 Å². The number of hydrogen-bond acceptors (Lipinski definition) is 4. The van der Waals surface area contributed by atoms with Gasteiger partial charge in [-0.3, -0.25) is 0 Å². The van der Waals surface area contributed by atoms with Gasteiger partial charge >= 0.3 is 0 Å². The highest BCUT2D eigenvalue weighted by Gasteiger charge is 2.14. The second-order valence-corrected chi connectivity index (χ2v) is 3.91. The number of nitrogens with zero attached hydrogens (tertiary/aromatic N) is 2. The number of nitriles is 1. The average molecular weight is 260 g/mol. The first-order valence-electron chi connectivity index (χ1n) is 5.40. The molecular weight excluding hydrogens is 250 g/mol. The summed E-state index contributed by atoms with van der Waals surface area (Å²) in [6.45, 7) is 1.52. The summed E-state index contributed by atoms with van der Waals surface area (Å²) in [5, 5.41) is 11.3. The summed E-state index contributed by atoms with van der Waals surface area (Å²) in [7, 11) is 0. The molecule has 0 unspecified atom stereocenters. The van der Waals surface area contributed by atoms with Crippen molar-refractivity contribution < 1.29 is 8.78 Å². The van der Waals surface area contributed by atoms with E-state index in [2.05, 4.69) is 10.3 Å². The number of aromatic nitrogens is 1. The Bertz CT molecular complexity index is 677. The van der Waals surface area contributed by atoms with E-state index in [1.165, 1.54) is 25.3 Å². The van der Waals surface area contributed by atoms with Gasteiger partial charge in [0.25, 0.3) is 0 Å². The van der Waals surface area contributed by atoms with Crippen LogP contribution in [0.15, 0.2) is 24.4 Å². The monoisotopic (exact) mass is 260 g/mol. The fraction of sp³-hybridized carbons (Fsp3) is 0.0769. The highest BCUT2D eigenvalue weighted by atomic mass is 19.1. The van der Waals surface area contributed by atoms with Crippen LogP contribution in [0, 0.1) is 29.9 Å². The molecule has 1 aromatic heterocycles. The van der Waals surface area contributed by atoms with Gasteiger partial charge in [0.05, 0.1) is 11.3 Å². The predicted octanol–water partition coefficient (Wildman–Crippen LogP) is 2.87. The number of rotatable bonds is 2. The SMILES string of the molecule is Cc1ccc(F)c(Nc2nccc(C#N)c2N)c1F. The molecule has 96 valence electrons. The Kier molecular flexibility index (Phi) is 3.29. The van der Waals surface area contributed by atoms with Crippen molar-refractivity contribution in [2.45, 2.75) is 6.92 Å². The lowest BCUT2D eigenvalue weighted by Gasteiger charge is -2.11. The third-order valence-corrected chi connectivity index (χ3v) is 2.64. The number of halogens is 2. The predicted molar refractivity (Wildman–Crippen MR) is 67.7 cm³/mol. The average Bonchev–Trinajstić information content (AvgIpc) is 2.41. The second-order valence-electron chi connectivity index (χ2n) is 3.91. The minimum Gasteiger partial charge on any atom is -0.395 e. The Balaban J connectivity index is 2.49. The summed E-state index contributed by atoms with van der Waals surface area (Å²) in [6, 6.07) is 5.77. The highest BCUT2D eigenvalue weighted by Crippen LogP contribution is 2.28. The Morgan fingerprint density at radius 2 is 2.05 bits per heavy atom. The molecule has 0 atom stereocenters. The van der Waals surface area contributed by atoms with E-state index in [0.717, 1.165) is 6.07 Å². The van der Waals surface area contributed by atoms with Gasteiger partial charge in [0, 0.05) is 6.20 Å². The van der Waals surface area contributed by atoms with Gasteiger partial charge in [-0.05, 0) is 24.6 Å². The Morgan fingerprint density at radius 1 is 1.32 bits per heavy atom. The minimum atomic E-state index is -0.758. The van der Waals surface area contributed by atoms with Crippen LogP contribution < -0.4 is 11.1 Å². The van der Waals surface area contributed by atoms with E-state index < -0.39 is 11.6 Å². The molecule has 0 saturated carbocycles. The molecule has 0 fully saturated rings. The highest BCUT2D eigenvalue weighted by molar-refractivity contribution is 5.74. The smallest absolute Gasteiger partial charge is 0.155 e. The maximum absolute atomic E-state index is 13.8. The summed E-state index contributed by atoms with van der Waals surface area (Å²) >= 11 is 0. The molecule has 0 aliphatic carbocycles. The second kappa shape index (κ2) is 4.90. The standard InChI is InChI=1S/C13H10F2N4/c1-7-2-3-9(14)12(10(7)15)19-13-11(17)8(6-16)4-5-18-13/h2-5H,17H2,1H3,(H,18,19). The van der Waals surface area contributed by atoms with Crippen molar-refractivity contribution in [1.82, 2.24) is 4.98 Å². The van der Waals surface area contributed by atoms with Crippen LogP contribution in [0.1, 0.15) is 11.1 Å². The molecule has 0 saturated heterocycles. The van der Waals surface area contributed by atoms with Gasteiger partial charge in [0.15, 0.2) is 11.6 Å². The van der Waals surface area contributed by atoms with Gasteiger partial charge in [-0.25, -0.2) is 13.8 Å². The Hall–Kier alpha value is -2.68. The summed E-state index contributed by atoms with van der Waals surface area (Å²) in [5.41, 5.74) is 5.87. The lowest BCUT2D eigenvalue weighted by Crippen LogP contribution is -2.05. The van der Waals surface area contributed by atoms with E-state index in [0.29, 0.717) is 5.56 Å². The zero-order valence-corrected chi connectivity index (χ0v) is 10.0. The molecular formula is C13H10F2N4. The van der Waals surface area contributed by atoms with Crippen LogP contribution in [-0.2, 0) is 0 Å². The maximum Gasteiger partial charge on any atom is 0.155 e. The van der Waals surface area contributed by atoms with Gasteiger partial charge < -0.3 is 11.1 Å². The zero-order chi connectivity index (χ0) is 14.0. The summed E-state index contributed by atoms with van der Waals surface area (Å²) in [4.78, 5) is 3.87. The molecule has 0 bridgehead atoms. The summed E-state index contributed by atoms with van der Waals surface area (Å²) in [5.74, 6) is -1.43. The van der Waals surface area contributed by atoms with E-state index in [4.69, 9.17) is 11.0 Å². The van der Waals surface area contributed by atoms with E-state index >= 15 is 0 Å². The number of nitrogens with one attached hydrogen (secondary N) is 1. The van der Waals surface area contributed by atoms with Crippen LogP contribution in [0.2, 0.25) is 0 Å². The summed E-state index contributed by atoms with van der Waals surface area (Å²) in [6.07, 6.45) is 1.34. The van der Waals surface area contributed by atoms with Gasteiger partial charge in [-0.1, -0.05) is 6.07 Å². The molecule has 6 heteroatoms. The van der Waals surface area contributed by atoms with Crippen molar-refractivity contribution in [3.05, 3.63) is 47.2 Å². The molecule has 4 nitrogen and oxygen atoms in total. The quantitative estimate of drug-likeness (QED) is 0.870. The van der Waals surface area contributed by atoms with Crippen LogP contribution in [0.25, 0.3) is 0 Å². The molecule has 0 aliphatic heterocycles. The molecule has 0 spiro atoms. The first kappa shape index (κ1) is 12.8. The van der Waals surface area contributed by atoms with Crippen molar-refractivity contribution >= 4 is 17.2 Å². The number of nitrogens with two attached hydrogens (primary N) is 1. The molecule has 3 N–H and O–H groups in total. The number of pyridine rings is 1. The molecule has 1 aromatic carbocycles. The van der Waals surface area contributed by atoms with Gasteiger partial charge in [0.2, 0.25) is 0 Å². The van der Waals surface area contributed by atoms with Crippen LogP contribution in [0.3, 0.4) is 0 Å². The zero-order valence-electron chi connectivity index (χ0n) is 10.0. The number of anilines is 3. The van der Waals surface area contributed by atoms with Crippen LogP contribution in [-0.4, -0.2) is 4.98 Å². The van der Waals surface area contributed by atoms with Crippen LogP contribution in [0.5, 0.6) is 0 Å². The molecule has 2 aromatic rings. The normalized spacial score (nSPS) is 10.0. The summed E-state index contributed by atoms with van der Waals surface area (Å²) < 4.78 is 27.4. The first-order valence-corrected chi connectivity index (χ1v) is 5.40. The van der Waals surface area contributed by atoms with Crippen molar-refractivity contribution in [2.75, 3.05) is 11.1 Å². The number of hydrogen-bond donors (Lipinski definition) is 2. The van der Waals surface area contributed by atoms with E-state index in [1.54, 1.807) is 0 Å². The molecule has 0 aliphatic rings. The molecule has 0 radical (unpaired) electrons. The Morgan fingerprint density at radius 3 is 2.74 bits per heavy atom. The third-order valence-electron chi connectivity index (χ3n) is 2.64. The van der Waals surface area contributed by atoms with Crippen molar-refractivity contribution in [2.24, 2.45) is 0 Å². The van der Waals surface area contributed by atoms with E-state index in [-0.39, 0.29) is 22.8 Å². The molecule has 1 heterocycles. The topological polar surface area (TPSA) is 74.7 Å². The van der Waals surface area contributed by atoms with Crippen molar-refractivity contribution in [3.8, 4) is 6.07 Å². The fourth-order valence-corrected chi connectivity index (χ4v) is 1.56. The number of benzene rings is 1. The van der Waals surface area contributed by atoms with Crippen molar-refractivity contribution in [1.29, 1.82) is 5.26 Å². The minimum absolute atomic E-state index is 0.0439. The first-order chi connectivity index (χ1) is 9.04. The van der Waals surface area contributed by atoms with Crippen LogP contribution in [0.4, 0.5) is 26.0 Å². The van der Waals surface area contributed by atoms with Gasteiger partial charge in [-0.15, -0.1) is 0 Å². The third kappa shape index (κ3) is 2.31.